The fourth-order valence-electron chi connectivity index (χ4n) is 2.22. The minimum Gasteiger partial charge on any atom is -0.478 e. The van der Waals surface area contributed by atoms with Crippen LogP contribution in [0.4, 0.5) is 5.69 Å². The SMILES string of the molecule is Cc1ccc(-c2ccc(C=Nc3ccc(C(=O)O)cc3)o2)c(Br)c1. The van der Waals surface area contributed by atoms with Gasteiger partial charge < -0.3 is 9.52 Å². The molecular formula is C19H14BrNO3. The van der Waals surface area contributed by atoms with Crippen molar-refractivity contribution in [3.8, 4) is 11.3 Å². The van der Waals surface area contributed by atoms with Gasteiger partial charge in [0.05, 0.1) is 17.5 Å². The standard InChI is InChI=1S/C19H14BrNO3/c1-12-2-8-16(17(20)10-12)18-9-7-15(24-18)11-21-14-5-3-13(4-6-14)19(22)23/h2-11H,1H3,(H,22,23). The van der Waals surface area contributed by atoms with Crippen molar-refractivity contribution in [3.05, 3.63) is 76.0 Å². The van der Waals surface area contributed by atoms with Gasteiger partial charge in [-0.2, -0.15) is 0 Å². The molecule has 0 unspecified atom stereocenters. The molecule has 0 atom stereocenters. The van der Waals surface area contributed by atoms with Gasteiger partial charge in [0.1, 0.15) is 11.5 Å². The van der Waals surface area contributed by atoms with Crippen molar-refractivity contribution in [2.24, 2.45) is 4.99 Å². The maximum atomic E-state index is 10.8. The quantitative estimate of drug-likeness (QED) is 0.607. The van der Waals surface area contributed by atoms with Crippen LogP contribution in [0.1, 0.15) is 21.7 Å². The van der Waals surface area contributed by atoms with Crippen LogP contribution in [-0.4, -0.2) is 17.3 Å². The van der Waals surface area contributed by atoms with Crippen LogP contribution in [0.3, 0.4) is 0 Å². The molecule has 24 heavy (non-hydrogen) atoms. The van der Waals surface area contributed by atoms with Crippen molar-refractivity contribution in [2.45, 2.75) is 6.92 Å². The number of halogens is 1. The number of hydrogen-bond donors (Lipinski definition) is 1. The molecule has 2 aromatic carbocycles. The molecule has 0 aliphatic carbocycles. The van der Waals surface area contributed by atoms with Gasteiger partial charge >= 0.3 is 5.97 Å². The number of furan rings is 1. The van der Waals surface area contributed by atoms with E-state index in [2.05, 4.69) is 20.9 Å². The second-order valence-corrected chi connectivity index (χ2v) is 6.15. The summed E-state index contributed by atoms with van der Waals surface area (Å²) < 4.78 is 6.78. The molecule has 0 aliphatic rings. The minimum absolute atomic E-state index is 0.235. The Labute approximate surface area is 147 Å². The Bertz CT molecular complexity index is 911. The third-order valence-electron chi connectivity index (χ3n) is 3.47. The van der Waals surface area contributed by atoms with E-state index in [0.717, 1.165) is 15.8 Å². The lowest BCUT2D eigenvalue weighted by molar-refractivity contribution is 0.0697. The Hall–Kier alpha value is -2.66. The first-order valence-corrected chi connectivity index (χ1v) is 8.06. The summed E-state index contributed by atoms with van der Waals surface area (Å²) in [6.07, 6.45) is 1.61. The molecule has 0 radical (unpaired) electrons. The fraction of sp³-hybridized carbons (Fsp3) is 0.0526. The average Bonchev–Trinajstić information content (AvgIpc) is 3.02. The molecule has 0 saturated heterocycles. The first-order chi connectivity index (χ1) is 11.5. The largest absolute Gasteiger partial charge is 0.478 e. The summed E-state index contributed by atoms with van der Waals surface area (Å²) in [6.45, 7) is 2.03. The Balaban J connectivity index is 1.79. The second-order valence-electron chi connectivity index (χ2n) is 5.30. The van der Waals surface area contributed by atoms with E-state index >= 15 is 0 Å². The number of benzene rings is 2. The highest BCUT2D eigenvalue weighted by molar-refractivity contribution is 9.10. The Morgan fingerprint density at radius 3 is 2.54 bits per heavy atom. The Morgan fingerprint density at radius 1 is 1.12 bits per heavy atom. The van der Waals surface area contributed by atoms with Crippen molar-refractivity contribution >= 4 is 33.8 Å². The van der Waals surface area contributed by atoms with Gasteiger partial charge in [0.2, 0.25) is 0 Å². The lowest BCUT2D eigenvalue weighted by atomic mass is 10.1. The van der Waals surface area contributed by atoms with Crippen molar-refractivity contribution in [3.63, 3.8) is 0 Å². The van der Waals surface area contributed by atoms with Gasteiger partial charge in [0.25, 0.3) is 0 Å². The summed E-state index contributed by atoms with van der Waals surface area (Å²) in [4.78, 5) is 15.1. The van der Waals surface area contributed by atoms with Crippen LogP contribution in [0.2, 0.25) is 0 Å². The van der Waals surface area contributed by atoms with Gasteiger partial charge in [0, 0.05) is 10.0 Å². The number of hydrogen-bond acceptors (Lipinski definition) is 3. The third kappa shape index (κ3) is 3.63. The molecule has 3 aromatic rings. The predicted octanol–water partition coefficient (Wildman–Crippen LogP) is 5.47. The molecule has 0 aliphatic heterocycles. The number of rotatable bonds is 4. The van der Waals surface area contributed by atoms with Gasteiger partial charge in [-0.1, -0.05) is 22.0 Å². The number of carboxylic acid groups (broad SMARTS) is 1. The van der Waals surface area contributed by atoms with E-state index in [1.165, 1.54) is 17.7 Å². The molecular weight excluding hydrogens is 370 g/mol. The number of aryl methyl sites for hydroxylation is 1. The van der Waals surface area contributed by atoms with Crippen LogP contribution < -0.4 is 0 Å². The van der Waals surface area contributed by atoms with Crippen LogP contribution in [0.5, 0.6) is 0 Å². The fourth-order valence-corrected chi connectivity index (χ4v) is 2.90. The zero-order chi connectivity index (χ0) is 17.1. The van der Waals surface area contributed by atoms with Gasteiger partial charge in [-0.05, 0) is 61.0 Å². The molecule has 0 fully saturated rings. The summed E-state index contributed by atoms with van der Waals surface area (Å²) >= 11 is 3.55. The van der Waals surface area contributed by atoms with E-state index in [1.807, 2.05) is 37.3 Å². The number of carboxylic acids is 1. The zero-order valence-corrected chi connectivity index (χ0v) is 14.4. The number of nitrogens with zero attached hydrogens (tertiary/aromatic N) is 1. The van der Waals surface area contributed by atoms with Crippen molar-refractivity contribution in [2.75, 3.05) is 0 Å². The summed E-state index contributed by atoms with van der Waals surface area (Å²) in [5, 5.41) is 8.88. The normalized spacial score (nSPS) is 11.1. The van der Waals surface area contributed by atoms with E-state index in [1.54, 1.807) is 18.3 Å². The highest BCUT2D eigenvalue weighted by atomic mass is 79.9. The third-order valence-corrected chi connectivity index (χ3v) is 4.13. The van der Waals surface area contributed by atoms with Gasteiger partial charge in [-0.15, -0.1) is 0 Å². The summed E-state index contributed by atoms with van der Waals surface area (Å²) in [5.74, 6) is 0.425. The lowest BCUT2D eigenvalue weighted by Gasteiger charge is -2.02. The molecule has 1 N–H and O–H groups in total. The molecule has 5 heteroatoms. The second kappa shape index (κ2) is 6.84. The number of aliphatic imine (C=N–C) groups is 1. The van der Waals surface area contributed by atoms with Gasteiger partial charge in [-0.25, -0.2) is 4.79 Å². The highest BCUT2D eigenvalue weighted by Gasteiger charge is 2.08. The van der Waals surface area contributed by atoms with E-state index < -0.39 is 5.97 Å². The summed E-state index contributed by atoms with van der Waals surface area (Å²) in [7, 11) is 0. The minimum atomic E-state index is -0.954. The zero-order valence-electron chi connectivity index (χ0n) is 12.9. The molecule has 0 amide bonds. The maximum Gasteiger partial charge on any atom is 0.335 e. The Kier molecular flexibility index (Phi) is 4.62. The number of carbonyl (C=O) groups is 1. The topological polar surface area (TPSA) is 62.8 Å². The Morgan fingerprint density at radius 2 is 1.88 bits per heavy atom. The first-order valence-electron chi connectivity index (χ1n) is 7.27. The molecule has 3 rings (SSSR count). The monoisotopic (exact) mass is 383 g/mol. The average molecular weight is 384 g/mol. The van der Waals surface area contributed by atoms with Crippen LogP contribution >= 0.6 is 15.9 Å². The molecule has 120 valence electrons. The molecule has 0 spiro atoms. The summed E-state index contributed by atoms with van der Waals surface area (Å²) in [6, 6.07) is 16.2. The molecule has 1 heterocycles. The molecule has 1 aromatic heterocycles. The van der Waals surface area contributed by atoms with E-state index in [9.17, 15) is 4.79 Å². The smallest absolute Gasteiger partial charge is 0.335 e. The molecule has 4 nitrogen and oxygen atoms in total. The molecule has 0 saturated carbocycles. The van der Waals surface area contributed by atoms with Crippen LogP contribution in [-0.2, 0) is 0 Å². The van der Waals surface area contributed by atoms with E-state index in [4.69, 9.17) is 9.52 Å². The summed E-state index contributed by atoms with van der Waals surface area (Å²) in [5.41, 5.74) is 3.04. The van der Waals surface area contributed by atoms with Crippen molar-refractivity contribution < 1.29 is 14.3 Å². The predicted molar refractivity (Wildman–Crippen MR) is 97.2 cm³/mol. The first kappa shape index (κ1) is 16.2. The van der Waals surface area contributed by atoms with Gasteiger partial charge in [0.15, 0.2) is 0 Å². The van der Waals surface area contributed by atoms with Gasteiger partial charge in [-0.3, -0.25) is 4.99 Å². The maximum absolute atomic E-state index is 10.8. The van der Waals surface area contributed by atoms with Crippen molar-refractivity contribution in [1.82, 2.24) is 0 Å². The lowest BCUT2D eigenvalue weighted by Crippen LogP contribution is -1.94. The van der Waals surface area contributed by atoms with E-state index in [0.29, 0.717) is 11.4 Å². The molecule has 0 bridgehead atoms. The highest BCUT2D eigenvalue weighted by Crippen LogP contribution is 2.30. The van der Waals surface area contributed by atoms with Crippen LogP contribution in [0.15, 0.2) is 68.5 Å². The van der Waals surface area contributed by atoms with Crippen molar-refractivity contribution in [1.29, 1.82) is 0 Å². The number of aromatic carboxylic acids is 1. The van der Waals surface area contributed by atoms with E-state index in [-0.39, 0.29) is 5.56 Å². The van der Waals surface area contributed by atoms with Crippen LogP contribution in [0.25, 0.3) is 11.3 Å². The van der Waals surface area contributed by atoms with Crippen LogP contribution in [0, 0.1) is 6.92 Å².